The van der Waals surface area contributed by atoms with Crippen LogP contribution >= 0.6 is 34.4 Å². The third-order valence-corrected chi connectivity index (χ3v) is 6.01. The first-order chi connectivity index (χ1) is 9.85. The predicted molar refractivity (Wildman–Crippen MR) is 92.2 cm³/mol. The van der Waals surface area contributed by atoms with Gasteiger partial charge in [-0.25, -0.2) is 0 Å². The predicted octanol–water partition coefficient (Wildman–Crippen LogP) is 5.66. The average molecular weight is 316 g/mol. The van der Waals surface area contributed by atoms with E-state index in [4.69, 9.17) is 0 Å². The molecular formula is C15H12N2S3. The second-order valence-corrected chi connectivity index (χ2v) is 6.91. The zero-order valence-electron chi connectivity index (χ0n) is 10.9. The van der Waals surface area contributed by atoms with Crippen LogP contribution < -0.4 is 0 Å². The van der Waals surface area contributed by atoms with Gasteiger partial charge in [-0.05, 0) is 23.8 Å². The van der Waals surface area contributed by atoms with Crippen molar-refractivity contribution >= 4 is 50.4 Å². The fraction of sp³-hybridized carbons (Fsp3) is 0.0667. The van der Waals surface area contributed by atoms with Crippen LogP contribution in [-0.2, 0) is 0 Å². The van der Waals surface area contributed by atoms with Crippen molar-refractivity contribution in [2.45, 2.75) is 6.92 Å². The summed E-state index contributed by atoms with van der Waals surface area (Å²) in [5, 5.41) is 3.94. The first-order valence-corrected chi connectivity index (χ1v) is 8.64. The van der Waals surface area contributed by atoms with Crippen molar-refractivity contribution in [1.29, 1.82) is 0 Å². The molecule has 3 rings (SSSR count). The molecule has 2 nitrogen and oxygen atoms in total. The maximum Gasteiger partial charge on any atom is 0.109 e. The monoisotopic (exact) mass is 316 g/mol. The minimum atomic E-state index is 0.975. The molecule has 0 aliphatic carbocycles. The Morgan fingerprint density at radius 2 is 2.10 bits per heavy atom. The van der Waals surface area contributed by atoms with Gasteiger partial charge in [-0.2, -0.15) is 0 Å². The van der Waals surface area contributed by atoms with Gasteiger partial charge in [-0.3, -0.25) is 9.97 Å². The summed E-state index contributed by atoms with van der Waals surface area (Å²) in [4.78, 5) is 13.8. The zero-order valence-corrected chi connectivity index (χ0v) is 13.3. The van der Waals surface area contributed by atoms with E-state index in [9.17, 15) is 0 Å². The molecule has 0 aliphatic rings. The number of nitrogens with zero attached hydrogens (tertiary/aromatic N) is 2. The van der Waals surface area contributed by atoms with Crippen LogP contribution in [0.25, 0.3) is 25.7 Å². The van der Waals surface area contributed by atoms with Crippen molar-refractivity contribution in [3.05, 3.63) is 52.8 Å². The summed E-state index contributed by atoms with van der Waals surface area (Å²) in [7, 11) is 0. The smallest absolute Gasteiger partial charge is 0.109 e. The molecule has 0 bridgehead atoms. The van der Waals surface area contributed by atoms with E-state index < -0.39 is 0 Å². The lowest BCUT2D eigenvalue weighted by molar-refractivity contribution is 1.31. The summed E-state index contributed by atoms with van der Waals surface area (Å²) in [5.41, 5.74) is 1.96. The van der Waals surface area contributed by atoms with E-state index >= 15 is 0 Å². The first kappa shape index (κ1) is 13.5. The van der Waals surface area contributed by atoms with Crippen LogP contribution in [-0.4, -0.2) is 9.97 Å². The number of hydrogen-bond acceptors (Lipinski definition) is 5. The zero-order chi connectivity index (χ0) is 13.9. The Hall–Kier alpha value is -1.43. The lowest BCUT2D eigenvalue weighted by atomic mass is 10.3. The number of rotatable bonds is 4. The van der Waals surface area contributed by atoms with Gasteiger partial charge in [-0.1, -0.05) is 30.5 Å². The third kappa shape index (κ3) is 2.32. The molecule has 20 heavy (non-hydrogen) atoms. The molecule has 5 heteroatoms. The van der Waals surface area contributed by atoms with Gasteiger partial charge in [0.1, 0.15) is 11.0 Å². The molecule has 3 heterocycles. The fourth-order valence-corrected chi connectivity index (χ4v) is 4.76. The summed E-state index contributed by atoms with van der Waals surface area (Å²) >= 11 is 5.11. The van der Waals surface area contributed by atoms with Gasteiger partial charge in [0, 0.05) is 22.2 Å². The lowest BCUT2D eigenvalue weighted by Gasteiger charge is -1.99. The van der Waals surface area contributed by atoms with Crippen LogP contribution in [0.2, 0.25) is 0 Å². The average Bonchev–Trinajstić information content (AvgIpc) is 3.12. The Kier molecular flexibility index (Phi) is 4.00. The van der Waals surface area contributed by atoms with Crippen molar-refractivity contribution in [1.82, 2.24) is 9.97 Å². The van der Waals surface area contributed by atoms with Crippen LogP contribution in [0.4, 0.5) is 0 Å². The topological polar surface area (TPSA) is 25.8 Å². The maximum absolute atomic E-state index is 4.53. The number of thiophene rings is 2. The third-order valence-electron chi connectivity index (χ3n) is 2.77. The van der Waals surface area contributed by atoms with Gasteiger partial charge in [0.25, 0.3) is 0 Å². The Labute approximate surface area is 129 Å². The largest absolute Gasteiger partial charge is 0.251 e. The number of aromatic nitrogens is 2. The van der Waals surface area contributed by atoms with E-state index in [0.29, 0.717) is 0 Å². The molecule has 0 spiro atoms. The standard InChI is InChI=1S/C15H12N2S3/c1-3-10(18-4-2)14-12-13(17-8-7-16-12)15(20-14)11-6-5-9-19-11/h3-9H,2H2,1H3/b10-3-. The molecule has 0 saturated heterocycles. The molecule has 3 aromatic rings. The number of allylic oxidation sites excluding steroid dienone is 1. The van der Waals surface area contributed by atoms with Crippen molar-refractivity contribution < 1.29 is 0 Å². The molecule has 0 unspecified atom stereocenters. The van der Waals surface area contributed by atoms with Gasteiger partial charge in [0.15, 0.2) is 0 Å². The molecule has 3 aromatic heterocycles. The Bertz CT molecular complexity index is 770. The highest BCUT2D eigenvalue weighted by Crippen LogP contribution is 2.44. The minimum Gasteiger partial charge on any atom is -0.251 e. The Balaban J connectivity index is 2.26. The van der Waals surface area contributed by atoms with Gasteiger partial charge in [-0.15, -0.1) is 22.7 Å². The molecule has 100 valence electrons. The molecule has 0 N–H and O–H groups in total. The van der Waals surface area contributed by atoms with E-state index in [1.165, 1.54) is 19.5 Å². The van der Waals surface area contributed by atoms with Crippen LogP contribution in [0.15, 0.2) is 48.0 Å². The minimum absolute atomic E-state index is 0.975. The van der Waals surface area contributed by atoms with Crippen LogP contribution in [0.5, 0.6) is 0 Å². The highest BCUT2D eigenvalue weighted by atomic mass is 32.2. The fourth-order valence-electron chi connectivity index (χ4n) is 1.95. The van der Waals surface area contributed by atoms with E-state index in [2.05, 4.69) is 40.1 Å². The lowest BCUT2D eigenvalue weighted by Crippen LogP contribution is -1.81. The highest BCUT2D eigenvalue weighted by Gasteiger charge is 2.17. The van der Waals surface area contributed by atoms with Gasteiger partial charge in [0.05, 0.1) is 9.75 Å². The summed E-state index contributed by atoms with van der Waals surface area (Å²) in [6, 6.07) is 4.20. The molecule has 0 aromatic carbocycles. The summed E-state index contributed by atoms with van der Waals surface area (Å²) in [6.07, 6.45) is 5.61. The molecule has 0 aliphatic heterocycles. The summed E-state index contributed by atoms with van der Waals surface area (Å²) in [5.74, 6) is 0. The second kappa shape index (κ2) is 5.91. The van der Waals surface area contributed by atoms with Crippen molar-refractivity contribution in [2.24, 2.45) is 0 Å². The van der Waals surface area contributed by atoms with Crippen LogP contribution in [0.1, 0.15) is 11.8 Å². The molecule has 0 radical (unpaired) electrons. The quantitative estimate of drug-likeness (QED) is 0.621. The Morgan fingerprint density at radius 1 is 1.30 bits per heavy atom. The van der Waals surface area contributed by atoms with Crippen molar-refractivity contribution in [3.63, 3.8) is 0 Å². The Morgan fingerprint density at radius 3 is 2.75 bits per heavy atom. The van der Waals surface area contributed by atoms with Crippen molar-refractivity contribution in [2.75, 3.05) is 0 Å². The van der Waals surface area contributed by atoms with E-state index in [1.54, 1.807) is 46.8 Å². The van der Waals surface area contributed by atoms with Gasteiger partial charge < -0.3 is 0 Å². The normalized spacial score (nSPS) is 11.9. The SMILES string of the molecule is C=CS/C(=C\C)c1sc(-c2cccs2)c2nccnc12. The first-order valence-electron chi connectivity index (χ1n) is 6.06. The summed E-state index contributed by atoms with van der Waals surface area (Å²) < 4.78 is 0. The van der Waals surface area contributed by atoms with E-state index in [0.717, 1.165) is 11.0 Å². The van der Waals surface area contributed by atoms with E-state index in [-0.39, 0.29) is 0 Å². The number of thioether (sulfide) groups is 1. The molecule has 0 amide bonds. The van der Waals surface area contributed by atoms with Crippen molar-refractivity contribution in [3.8, 4) is 9.75 Å². The molecule has 0 atom stereocenters. The summed E-state index contributed by atoms with van der Waals surface area (Å²) in [6.45, 7) is 5.84. The molecular weight excluding hydrogens is 304 g/mol. The van der Waals surface area contributed by atoms with Crippen LogP contribution in [0, 0.1) is 0 Å². The van der Waals surface area contributed by atoms with Gasteiger partial charge >= 0.3 is 0 Å². The van der Waals surface area contributed by atoms with E-state index in [1.807, 2.05) is 12.3 Å². The maximum atomic E-state index is 4.53. The number of hydrogen-bond donors (Lipinski definition) is 0. The highest BCUT2D eigenvalue weighted by molar-refractivity contribution is 8.11. The molecule has 0 saturated carbocycles. The molecule has 0 fully saturated rings. The van der Waals surface area contributed by atoms with Crippen LogP contribution in [0.3, 0.4) is 0 Å². The van der Waals surface area contributed by atoms with Gasteiger partial charge in [0.2, 0.25) is 0 Å². The number of fused-ring (bicyclic) bond motifs is 1. The second-order valence-electron chi connectivity index (χ2n) is 3.93.